The minimum absolute atomic E-state index is 0.0825. The fourth-order valence-corrected chi connectivity index (χ4v) is 6.56. The van der Waals surface area contributed by atoms with E-state index in [-0.39, 0.29) is 41.7 Å². The lowest BCUT2D eigenvalue weighted by atomic mass is 9.95. The maximum atomic E-state index is 13.7. The number of fused-ring (bicyclic) bond motifs is 1. The molecule has 4 amide bonds. The third-order valence-corrected chi connectivity index (χ3v) is 8.82. The van der Waals surface area contributed by atoms with Crippen molar-refractivity contribution in [1.82, 2.24) is 20.9 Å². The normalized spacial score (nSPS) is 30.0. The van der Waals surface area contributed by atoms with Crippen molar-refractivity contribution in [2.24, 2.45) is 23.2 Å². The van der Waals surface area contributed by atoms with Crippen LogP contribution in [0.5, 0.6) is 0 Å². The molecule has 2 saturated heterocycles. The van der Waals surface area contributed by atoms with Crippen LogP contribution >= 0.6 is 0 Å². The number of rotatable bonds is 8. The highest BCUT2D eigenvalue weighted by atomic mass is 19.4. The third-order valence-electron chi connectivity index (χ3n) is 8.82. The zero-order chi connectivity index (χ0) is 30.0. The first-order chi connectivity index (χ1) is 18.3. The first-order valence-electron chi connectivity index (χ1n) is 13.7. The fourth-order valence-electron chi connectivity index (χ4n) is 6.56. The van der Waals surface area contributed by atoms with Crippen LogP contribution in [-0.2, 0) is 23.9 Å². The number of piperidine rings is 1. The summed E-state index contributed by atoms with van der Waals surface area (Å²) in [7, 11) is 0. The second-order valence-electron chi connectivity index (χ2n) is 13.4. The Bertz CT molecular complexity index is 1120. The number of ether oxygens (including phenoxy) is 1. The average Bonchev–Trinajstić information content (AvgIpc) is 3.53. The summed E-state index contributed by atoms with van der Waals surface area (Å²) in [6.07, 6.45) is -3.88. The summed E-state index contributed by atoms with van der Waals surface area (Å²) in [5.41, 5.74) is -1.32. The van der Waals surface area contributed by atoms with E-state index < -0.39 is 59.6 Å². The van der Waals surface area contributed by atoms with Crippen molar-refractivity contribution in [3.63, 3.8) is 0 Å². The van der Waals surface area contributed by atoms with Gasteiger partial charge in [0.2, 0.25) is 17.7 Å². The quantitative estimate of drug-likeness (QED) is 0.407. The minimum atomic E-state index is -5.22. The van der Waals surface area contributed by atoms with Gasteiger partial charge in [-0.25, -0.2) is 0 Å². The molecule has 2 aliphatic carbocycles. The Kier molecular flexibility index (Phi) is 7.44. The molecule has 0 aromatic rings. The molecule has 0 unspecified atom stereocenters. The van der Waals surface area contributed by atoms with Crippen molar-refractivity contribution in [2.75, 3.05) is 6.54 Å². The van der Waals surface area contributed by atoms with Crippen LogP contribution in [0.3, 0.4) is 0 Å². The Balaban J connectivity index is 1.53. The molecule has 40 heavy (non-hydrogen) atoms. The van der Waals surface area contributed by atoms with Crippen molar-refractivity contribution in [1.29, 1.82) is 5.26 Å². The summed E-state index contributed by atoms with van der Waals surface area (Å²) < 4.78 is 45.2. The fraction of sp³-hybridized carbons (Fsp3) is 0.815. The van der Waals surface area contributed by atoms with Gasteiger partial charge in [-0.3, -0.25) is 19.2 Å². The number of amides is 4. The van der Waals surface area contributed by atoms with Gasteiger partial charge in [-0.1, -0.05) is 13.8 Å². The van der Waals surface area contributed by atoms with Crippen LogP contribution in [0, 0.1) is 34.5 Å². The van der Waals surface area contributed by atoms with E-state index >= 15 is 0 Å². The topological polar surface area (TPSA) is 141 Å². The second-order valence-corrected chi connectivity index (χ2v) is 13.4. The Labute approximate surface area is 231 Å². The van der Waals surface area contributed by atoms with Gasteiger partial charge in [0.15, 0.2) is 0 Å². The Morgan fingerprint density at radius 1 is 1.20 bits per heavy atom. The van der Waals surface area contributed by atoms with Gasteiger partial charge in [-0.15, -0.1) is 0 Å². The van der Waals surface area contributed by atoms with Gasteiger partial charge in [0.25, 0.3) is 0 Å². The Morgan fingerprint density at radius 3 is 2.33 bits per heavy atom. The highest BCUT2D eigenvalue weighted by Gasteiger charge is 2.70. The number of halogens is 3. The highest BCUT2D eigenvalue weighted by molar-refractivity contribution is 5.95. The molecule has 3 N–H and O–H groups in total. The van der Waals surface area contributed by atoms with Crippen LogP contribution in [0.25, 0.3) is 0 Å². The van der Waals surface area contributed by atoms with E-state index in [1.54, 1.807) is 26.1 Å². The summed E-state index contributed by atoms with van der Waals surface area (Å²) in [4.78, 5) is 52.8. The molecule has 0 radical (unpaired) electrons. The van der Waals surface area contributed by atoms with E-state index in [0.717, 1.165) is 12.8 Å². The number of nitrogens with one attached hydrogen (secondary N) is 3. The smallest absolute Gasteiger partial charge is 0.370 e. The standard InChI is InChI=1S/C27H38F3N5O5/c1-13(40-24(2,3)4)18(33-23(39)27(28,29)30)22(38)35-12-16-17(25(16,5)6)19(35)21(37)32-15(11-31)9-14-10-26(7-8-26)34-20(14)36/h13-19H,7-10,12H2,1-6H3,(H,32,37)(H,33,39)(H,34,36)/t13-,14-,15+,16+,17+,18+,19+/m1/s1. The minimum Gasteiger partial charge on any atom is -0.370 e. The van der Waals surface area contributed by atoms with Crippen LogP contribution < -0.4 is 16.0 Å². The summed E-state index contributed by atoms with van der Waals surface area (Å²) in [5.74, 6) is -4.69. The lowest BCUT2D eigenvalue weighted by Gasteiger charge is -2.36. The van der Waals surface area contributed by atoms with Gasteiger partial charge in [0.1, 0.15) is 18.1 Å². The Hall–Kier alpha value is -2.88. The van der Waals surface area contributed by atoms with E-state index in [2.05, 4.69) is 10.6 Å². The summed E-state index contributed by atoms with van der Waals surface area (Å²) in [5, 5.41) is 17.2. The number of hydrogen-bond donors (Lipinski definition) is 3. The van der Waals surface area contributed by atoms with E-state index in [0.29, 0.717) is 6.42 Å². The number of carbonyl (C=O) groups excluding carboxylic acids is 4. The molecule has 2 saturated carbocycles. The number of nitrogens with zero attached hydrogens (tertiary/aromatic N) is 2. The van der Waals surface area contributed by atoms with E-state index in [4.69, 9.17) is 4.74 Å². The highest BCUT2D eigenvalue weighted by Crippen LogP contribution is 2.65. The summed E-state index contributed by atoms with van der Waals surface area (Å²) in [6, 6.07) is -1.70. The third kappa shape index (κ3) is 5.92. The summed E-state index contributed by atoms with van der Waals surface area (Å²) in [6.45, 7) is 10.4. The zero-order valence-electron chi connectivity index (χ0n) is 23.6. The molecule has 222 valence electrons. The first kappa shape index (κ1) is 30.1. The molecule has 7 atom stereocenters. The number of hydrogen-bond acceptors (Lipinski definition) is 6. The van der Waals surface area contributed by atoms with Crippen LogP contribution in [0.4, 0.5) is 13.2 Å². The lowest BCUT2D eigenvalue weighted by molar-refractivity contribution is -0.177. The molecule has 0 bridgehead atoms. The molecule has 4 rings (SSSR count). The maximum Gasteiger partial charge on any atom is 0.471 e. The van der Waals surface area contributed by atoms with Crippen molar-refractivity contribution in [3.8, 4) is 6.07 Å². The van der Waals surface area contributed by atoms with E-state index in [1.165, 1.54) is 11.8 Å². The average molecular weight is 570 g/mol. The van der Waals surface area contributed by atoms with Crippen LogP contribution in [0.1, 0.15) is 67.2 Å². The van der Waals surface area contributed by atoms with E-state index in [1.807, 2.05) is 19.9 Å². The molecule has 10 nitrogen and oxygen atoms in total. The first-order valence-corrected chi connectivity index (χ1v) is 13.7. The molecular weight excluding hydrogens is 531 g/mol. The molecule has 4 aliphatic rings. The van der Waals surface area contributed by atoms with Gasteiger partial charge in [-0.2, -0.15) is 18.4 Å². The monoisotopic (exact) mass is 569 g/mol. The molecule has 1 spiro atoms. The van der Waals surface area contributed by atoms with Crippen molar-refractivity contribution in [3.05, 3.63) is 0 Å². The SMILES string of the molecule is C[C@@H](OC(C)(C)C)[C@H](NC(=O)C(F)(F)F)C(=O)N1C[C@H]2[C@@H]([C@H]1C(=O)N[C@H](C#N)C[C@@H]1CC3(CC3)NC1=O)C2(C)C. The largest absolute Gasteiger partial charge is 0.471 e. The number of nitriles is 1. The molecular formula is C27H38F3N5O5. The molecule has 13 heteroatoms. The lowest BCUT2D eigenvalue weighted by Crippen LogP contribution is -2.61. The second kappa shape index (κ2) is 9.89. The van der Waals surface area contributed by atoms with Crippen molar-refractivity contribution < 1.29 is 37.1 Å². The Morgan fingerprint density at radius 2 is 1.82 bits per heavy atom. The van der Waals surface area contributed by atoms with E-state index in [9.17, 15) is 37.6 Å². The van der Waals surface area contributed by atoms with Gasteiger partial charge in [0, 0.05) is 18.0 Å². The van der Waals surface area contributed by atoms with Gasteiger partial charge in [-0.05, 0) is 70.6 Å². The number of carbonyl (C=O) groups is 4. The molecule has 2 aliphatic heterocycles. The van der Waals surface area contributed by atoms with Crippen LogP contribution in [0.2, 0.25) is 0 Å². The summed E-state index contributed by atoms with van der Waals surface area (Å²) >= 11 is 0. The predicted molar refractivity (Wildman–Crippen MR) is 135 cm³/mol. The van der Waals surface area contributed by atoms with Crippen molar-refractivity contribution in [2.45, 2.75) is 109 Å². The molecule has 0 aromatic carbocycles. The van der Waals surface area contributed by atoms with Gasteiger partial charge >= 0.3 is 12.1 Å². The van der Waals surface area contributed by atoms with Crippen LogP contribution in [0.15, 0.2) is 0 Å². The molecule has 0 aromatic heterocycles. The number of alkyl halides is 3. The van der Waals surface area contributed by atoms with Gasteiger partial charge < -0.3 is 25.6 Å². The van der Waals surface area contributed by atoms with Crippen molar-refractivity contribution >= 4 is 23.6 Å². The zero-order valence-corrected chi connectivity index (χ0v) is 23.6. The van der Waals surface area contributed by atoms with Gasteiger partial charge in [0.05, 0.1) is 17.8 Å². The number of likely N-dealkylation sites (tertiary alicyclic amines) is 1. The molecule has 2 heterocycles. The molecule has 4 fully saturated rings. The predicted octanol–water partition coefficient (Wildman–Crippen LogP) is 1.79. The van der Waals surface area contributed by atoms with Crippen LogP contribution in [-0.4, -0.2) is 76.6 Å². The maximum absolute atomic E-state index is 13.7.